The second-order valence-corrected chi connectivity index (χ2v) is 8.61. The Kier molecular flexibility index (Phi) is 11.9. The van der Waals surface area contributed by atoms with E-state index in [2.05, 4.69) is 16.0 Å². The topological polar surface area (TPSA) is 214 Å². The van der Waals surface area contributed by atoms with Crippen molar-refractivity contribution in [2.75, 3.05) is 12.0 Å². The quantitative estimate of drug-likeness (QED) is 0.158. The number of primary amides is 1. The van der Waals surface area contributed by atoms with Crippen LogP contribution in [0.1, 0.15) is 25.3 Å². The zero-order valence-electron chi connectivity index (χ0n) is 18.9. The molecule has 0 heterocycles. The van der Waals surface area contributed by atoms with Gasteiger partial charge in [0.2, 0.25) is 23.6 Å². The molecule has 9 N–H and O–H groups in total. The molecule has 12 nitrogen and oxygen atoms in total. The molecule has 0 fully saturated rings. The first-order chi connectivity index (χ1) is 15.9. The molecule has 0 radical (unpaired) electrons. The largest absolute Gasteiger partial charge is 0.508 e. The van der Waals surface area contributed by atoms with Gasteiger partial charge in [-0.1, -0.05) is 12.1 Å². The zero-order chi connectivity index (χ0) is 25.8. The summed E-state index contributed by atoms with van der Waals surface area (Å²) in [6, 6.07) is 1.25. The Morgan fingerprint density at radius 1 is 0.971 bits per heavy atom. The number of phenolic OH excluding ortho intramolecular Hbond substituents is 1. The van der Waals surface area contributed by atoms with Crippen LogP contribution in [-0.2, 0) is 30.4 Å². The van der Waals surface area contributed by atoms with E-state index in [1.165, 1.54) is 30.8 Å². The lowest BCUT2D eigenvalue weighted by Crippen LogP contribution is -2.57. The van der Waals surface area contributed by atoms with Crippen molar-refractivity contribution in [1.29, 1.82) is 0 Å². The molecule has 4 unspecified atom stereocenters. The number of nitrogens with one attached hydrogen (secondary N) is 3. The highest BCUT2D eigenvalue weighted by Crippen LogP contribution is 2.12. The van der Waals surface area contributed by atoms with E-state index in [0.717, 1.165) is 0 Å². The number of thioether (sulfide) groups is 1. The van der Waals surface area contributed by atoms with Crippen LogP contribution in [0.15, 0.2) is 24.3 Å². The Morgan fingerprint density at radius 2 is 1.56 bits per heavy atom. The van der Waals surface area contributed by atoms with Crippen molar-refractivity contribution in [2.45, 2.75) is 50.4 Å². The number of hydrogen-bond acceptors (Lipinski definition) is 8. The second-order valence-electron chi connectivity index (χ2n) is 7.62. The number of carboxylic acids is 1. The monoisotopic (exact) mass is 497 g/mol. The van der Waals surface area contributed by atoms with Gasteiger partial charge in [0.1, 0.15) is 23.9 Å². The van der Waals surface area contributed by atoms with Gasteiger partial charge in [0, 0.05) is 6.42 Å². The number of benzene rings is 1. The zero-order valence-corrected chi connectivity index (χ0v) is 19.8. The third-order valence-corrected chi connectivity index (χ3v) is 5.39. The molecule has 4 amide bonds. The molecule has 1 aromatic carbocycles. The molecular formula is C21H31N5O7S. The molecule has 0 aromatic heterocycles. The van der Waals surface area contributed by atoms with Gasteiger partial charge in [-0.15, -0.1) is 0 Å². The summed E-state index contributed by atoms with van der Waals surface area (Å²) in [5.41, 5.74) is 11.2. The predicted octanol–water partition coefficient (Wildman–Crippen LogP) is -1.55. The van der Waals surface area contributed by atoms with Crippen LogP contribution in [0.3, 0.4) is 0 Å². The summed E-state index contributed by atoms with van der Waals surface area (Å²) < 4.78 is 0. The smallest absolute Gasteiger partial charge is 0.326 e. The van der Waals surface area contributed by atoms with Gasteiger partial charge in [0.25, 0.3) is 0 Å². The fourth-order valence-corrected chi connectivity index (χ4v) is 3.31. The van der Waals surface area contributed by atoms with Gasteiger partial charge in [0.15, 0.2) is 0 Å². The lowest BCUT2D eigenvalue weighted by atomic mass is 10.0. The van der Waals surface area contributed by atoms with Crippen molar-refractivity contribution in [3.8, 4) is 5.75 Å². The number of carbonyl (C=O) groups excluding carboxylic acids is 4. The highest BCUT2D eigenvalue weighted by molar-refractivity contribution is 7.98. The molecule has 1 aromatic rings. The molecule has 0 aliphatic carbocycles. The first kappa shape index (κ1) is 28.7. The van der Waals surface area contributed by atoms with Crippen LogP contribution in [0.25, 0.3) is 0 Å². The number of aliphatic carboxylic acids is 1. The molecule has 0 bridgehead atoms. The van der Waals surface area contributed by atoms with Gasteiger partial charge >= 0.3 is 5.97 Å². The van der Waals surface area contributed by atoms with Gasteiger partial charge < -0.3 is 37.6 Å². The van der Waals surface area contributed by atoms with Crippen LogP contribution in [0.4, 0.5) is 0 Å². The third-order valence-electron chi connectivity index (χ3n) is 4.74. The fourth-order valence-electron chi connectivity index (χ4n) is 2.83. The number of phenols is 1. The van der Waals surface area contributed by atoms with Crippen molar-refractivity contribution in [2.24, 2.45) is 11.5 Å². The van der Waals surface area contributed by atoms with Gasteiger partial charge in [0.05, 0.1) is 12.5 Å². The van der Waals surface area contributed by atoms with E-state index in [1.54, 1.807) is 18.4 Å². The van der Waals surface area contributed by atoms with Crippen LogP contribution < -0.4 is 27.4 Å². The minimum atomic E-state index is -1.24. The Labute approximate surface area is 201 Å². The van der Waals surface area contributed by atoms with Crippen LogP contribution in [0.5, 0.6) is 5.75 Å². The van der Waals surface area contributed by atoms with Gasteiger partial charge in [-0.25, -0.2) is 4.79 Å². The molecule has 188 valence electrons. The molecule has 0 spiro atoms. The number of aromatic hydroxyl groups is 1. The fraction of sp³-hybridized carbons (Fsp3) is 0.476. The molecule has 1 rings (SSSR count). The lowest BCUT2D eigenvalue weighted by molar-refractivity contribution is -0.142. The Hall–Kier alpha value is -3.32. The first-order valence-electron chi connectivity index (χ1n) is 10.4. The minimum absolute atomic E-state index is 0.00538. The van der Waals surface area contributed by atoms with E-state index in [9.17, 15) is 34.2 Å². The number of nitrogens with two attached hydrogens (primary N) is 2. The lowest BCUT2D eigenvalue weighted by Gasteiger charge is -2.24. The normalized spacial score (nSPS) is 14.2. The maximum atomic E-state index is 12.9. The summed E-state index contributed by atoms with van der Waals surface area (Å²) in [4.78, 5) is 60.1. The molecular weight excluding hydrogens is 466 g/mol. The molecule has 0 saturated carbocycles. The summed E-state index contributed by atoms with van der Waals surface area (Å²) in [7, 11) is 0. The van der Waals surface area contributed by atoms with E-state index in [-0.39, 0.29) is 18.6 Å². The van der Waals surface area contributed by atoms with Gasteiger partial charge in [-0.05, 0) is 43.0 Å². The highest BCUT2D eigenvalue weighted by atomic mass is 32.2. The van der Waals surface area contributed by atoms with E-state index < -0.39 is 60.2 Å². The van der Waals surface area contributed by atoms with E-state index in [1.807, 2.05) is 0 Å². The van der Waals surface area contributed by atoms with Crippen molar-refractivity contribution >= 4 is 41.4 Å². The maximum absolute atomic E-state index is 12.9. The first-order valence-corrected chi connectivity index (χ1v) is 11.8. The van der Waals surface area contributed by atoms with E-state index in [4.69, 9.17) is 11.5 Å². The minimum Gasteiger partial charge on any atom is -0.508 e. The van der Waals surface area contributed by atoms with Crippen LogP contribution in [0, 0.1) is 0 Å². The van der Waals surface area contributed by atoms with Gasteiger partial charge in [-0.3, -0.25) is 19.2 Å². The molecule has 34 heavy (non-hydrogen) atoms. The van der Waals surface area contributed by atoms with Crippen LogP contribution >= 0.6 is 11.8 Å². The summed E-state index contributed by atoms with van der Waals surface area (Å²) in [5.74, 6) is -3.69. The molecule has 4 atom stereocenters. The summed E-state index contributed by atoms with van der Waals surface area (Å²) in [6.07, 6.45) is 1.58. The average Bonchev–Trinajstić information content (AvgIpc) is 2.76. The number of carbonyl (C=O) groups is 5. The Morgan fingerprint density at radius 3 is 2.09 bits per heavy atom. The number of carboxylic acid groups (broad SMARTS) is 1. The van der Waals surface area contributed by atoms with E-state index in [0.29, 0.717) is 11.3 Å². The Balaban J connectivity index is 2.96. The molecule has 13 heteroatoms. The average molecular weight is 498 g/mol. The molecule has 0 saturated heterocycles. The summed E-state index contributed by atoms with van der Waals surface area (Å²) >= 11 is 1.43. The standard InChI is InChI=1S/C21H31N5O7S/c1-11(24-19(30)14(22)10-17(23)28)18(29)26-16(9-12-3-5-13(27)6-4-12)20(31)25-15(21(32)33)7-8-34-2/h3-6,11,14-16,27H,7-10,22H2,1-2H3,(H2,23,28)(H,24,30)(H,25,31)(H,26,29)(H,32,33). The van der Waals surface area contributed by atoms with E-state index >= 15 is 0 Å². The van der Waals surface area contributed by atoms with Crippen LogP contribution in [-0.4, -0.2) is 76.0 Å². The SMILES string of the molecule is CSCCC(NC(=O)C(Cc1ccc(O)cc1)NC(=O)C(C)NC(=O)C(N)CC(N)=O)C(=O)O. The van der Waals surface area contributed by atoms with Crippen molar-refractivity contribution in [1.82, 2.24) is 16.0 Å². The second kappa shape index (κ2) is 14.1. The summed E-state index contributed by atoms with van der Waals surface area (Å²) in [5, 5.41) is 26.2. The highest BCUT2D eigenvalue weighted by Gasteiger charge is 2.29. The predicted molar refractivity (Wildman–Crippen MR) is 126 cm³/mol. The molecule has 0 aliphatic heterocycles. The van der Waals surface area contributed by atoms with Crippen molar-refractivity contribution < 1.29 is 34.2 Å². The van der Waals surface area contributed by atoms with Crippen LogP contribution in [0.2, 0.25) is 0 Å². The third kappa shape index (κ3) is 10.1. The number of hydrogen-bond donors (Lipinski definition) is 7. The summed E-state index contributed by atoms with van der Waals surface area (Å²) in [6.45, 7) is 1.36. The van der Waals surface area contributed by atoms with Crippen molar-refractivity contribution in [3.05, 3.63) is 29.8 Å². The maximum Gasteiger partial charge on any atom is 0.326 e. The number of rotatable bonds is 14. The van der Waals surface area contributed by atoms with Crippen molar-refractivity contribution in [3.63, 3.8) is 0 Å². The Bertz CT molecular complexity index is 881. The molecule has 0 aliphatic rings. The number of amides is 4. The van der Waals surface area contributed by atoms with Gasteiger partial charge in [-0.2, -0.15) is 11.8 Å².